The van der Waals surface area contributed by atoms with Gasteiger partial charge in [-0.1, -0.05) is 31.4 Å². The van der Waals surface area contributed by atoms with Gasteiger partial charge in [0.15, 0.2) is 5.15 Å². The van der Waals surface area contributed by atoms with E-state index in [4.69, 9.17) is 16.3 Å². The van der Waals surface area contributed by atoms with Gasteiger partial charge in [0.2, 0.25) is 0 Å². The van der Waals surface area contributed by atoms with Crippen LogP contribution in [0.25, 0.3) is 11.0 Å². The van der Waals surface area contributed by atoms with Crippen LogP contribution in [0.4, 0.5) is 5.69 Å². The molecular formula is C13H14ClN3O3. The first-order valence-corrected chi connectivity index (χ1v) is 6.74. The molecule has 0 bridgehead atoms. The summed E-state index contributed by atoms with van der Waals surface area (Å²) in [4.78, 5) is 18.5. The number of non-ortho nitro benzene ring substituents is 1. The predicted octanol–water partition coefficient (Wildman–Crippen LogP) is 3.76. The van der Waals surface area contributed by atoms with Crippen LogP contribution < -0.4 is 4.74 Å². The molecule has 6 nitrogen and oxygen atoms in total. The quantitative estimate of drug-likeness (QED) is 0.460. The van der Waals surface area contributed by atoms with Gasteiger partial charge in [-0.15, -0.1) is 0 Å². The lowest BCUT2D eigenvalue weighted by atomic mass is 10.2. The molecule has 0 amide bonds. The summed E-state index contributed by atoms with van der Waals surface area (Å²) >= 11 is 5.98. The van der Waals surface area contributed by atoms with E-state index in [0.717, 1.165) is 19.3 Å². The first-order valence-electron chi connectivity index (χ1n) is 6.36. The van der Waals surface area contributed by atoms with Crippen molar-refractivity contribution in [2.75, 3.05) is 6.61 Å². The van der Waals surface area contributed by atoms with Crippen molar-refractivity contribution in [3.63, 3.8) is 0 Å². The van der Waals surface area contributed by atoms with Crippen molar-refractivity contribution in [2.45, 2.75) is 26.2 Å². The van der Waals surface area contributed by atoms with Crippen LogP contribution in [0.3, 0.4) is 0 Å². The molecule has 1 heterocycles. The summed E-state index contributed by atoms with van der Waals surface area (Å²) < 4.78 is 5.49. The van der Waals surface area contributed by atoms with E-state index in [2.05, 4.69) is 16.9 Å². The molecule has 0 atom stereocenters. The molecule has 7 heteroatoms. The number of rotatable bonds is 6. The number of halogens is 1. The number of aromatic nitrogens is 2. The number of nitro groups is 1. The molecule has 0 aliphatic heterocycles. The third-order valence-corrected chi connectivity index (χ3v) is 3.02. The molecule has 0 fully saturated rings. The summed E-state index contributed by atoms with van der Waals surface area (Å²) in [5.74, 6) is 0.268. The van der Waals surface area contributed by atoms with Crippen LogP contribution in [0.15, 0.2) is 18.2 Å². The van der Waals surface area contributed by atoms with E-state index in [9.17, 15) is 10.1 Å². The summed E-state index contributed by atoms with van der Waals surface area (Å²) in [7, 11) is 0. The van der Waals surface area contributed by atoms with E-state index in [1.54, 1.807) is 0 Å². The zero-order valence-corrected chi connectivity index (χ0v) is 11.8. The van der Waals surface area contributed by atoms with Gasteiger partial charge in [0, 0.05) is 12.1 Å². The standard InChI is InChI=1S/C13H14ClN3O3/c1-2-3-4-7-20-13-12(14)15-11-8-9(17(18)19)5-6-10(11)16-13/h5-6,8H,2-4,7H2,1H3. The average Bonchev–Trinajstić information content (AvgIpc) is 2.43. The maximum absolute atomic E-state index is 10.7. The van der Waals surface area contributed by atoms with Crippen molar-refractivity contribution in [3.05, 3.63) is 33.5 Å². The molecule has 106 valence electrons. The molecule has 0 N–H and O–H groups in total. The van der Waals surface area contributed by atoms with Gasteiger partial charge in [-0.25, -0.2) is 9.97 Å². The van der Waals surface area contributed by atoms with Gasteiger partial charge >= 0.3 is 0 Å². The van der Waals surface area contributed by atoms with Crippen LogP contribution in [0.2, 0.25) is 5.15 Å². The summed E-state index contributed by atoms with van der Waals surface area (Å²) in [5, 5.41) is 10.8. The third-order valence-electron chi connectivity index (χ3n) is 2.77. The Morgan fingerprint density at radius 1 is 1.30 bits per heavy atom. The minimum absolute atomic E-state index is 0.0421. The maximum atomic E-state index is 10.7. The average molecular weight is 296 g/mol. The van der Waals surface area contributed by atoms with E-state index in [0.29, 0.717) is 17.6 Å². The minimum Gasteiger partial charge on any atom is -0.475 e. The number of benzene rings is 1. The van der Waals surface area contributed by atoms with Crippen LogP contribution in [0, 0.1) is 10.1 Å². The second kappa shape index (κ2) is 6.47. The second-order valence-corrected chi connectivity index (χ2v) is 4.66. The lowest BCUT2D eigenvalue weighted by Gasteiger charge is -2.07. The molecule has 0 saturated carbocycles. The van der Waals surface area contributed by atoms with E-state index < -0.39 is 4.92 Å². The molecule has 0 saturated heterocycles. The fourth-order valence-corrected chi connectivity index (χ4v) is 1.92. The van der Waals surface area contributed by atoms with E-state index in [1.165, 1.54) is 18.2 Å². The number of ether oxygens (including phenoxy) is 1. The van der Waals surface area contributed by atoms with E-state index in [1.807, 2.05) is 0 Å². The fraction of sp³-hybridized carbons (Fsp3) is 0.385. The number of nitrogens with zero attached hydrogens (tertiary/aromatic N) is 3. The molecule has 0 aliphatic carbocycles. The lowest BCUT2D eigenvalue weighted by Crippen LogP contribution is -2.01. The maximum Gasteiger partial charge on any atom is 0.271 e. The van der Waals surface area contributed by atoms with E-state index in [-0.39, 0.29) is 16.7 Å². The first-order chi connectivity index (χ1) is 9.61. The molecule has 0 spiro atoms. The minimum atomic E-state index is -0.482. The highest BCUT2D eigenvalue weighted by molar-refractivity contribution is 6.31. The van der Waals surface area contributed by atoms with Crippen LogP contribution in [-0.2, 0) is 0 Å². The van der Waals surface area contributed by atoms with Gasteiger partial charge in [0.1, 0.15) is 0 Å². The van der Waals surface area contributed by atoms with Crippen molar-refractivity contribution < 1.29 is 9.66 Å². The Kier molecular flexibility index (Phi) is 4.68. The molecular weight excluding hydrogens is 282 g/mol. The zero-order valence-electron chi connectivity index (χ0n) is 11.0. The van der Waals surface area contributed by atoms with Crippen molar-refractivity contribution in [2.24, 2.45) is 0 Å². The summed E-state index contributed by atoms with van der Waals surface area (Å²) in [5.41, 5.74) is 0.857. The molecule has 2 aromatic rings. The van der Waals surface area contributed by atoms with Crippen LogP contribution in [0.1, 0.15) is 26.2 Å². The molecule has 0 aliphatic rings. The van der Waals surface area contributed by atoms with Crippen LogP contribution >= 0.6 is 11.6 Å². The number of fused-ring (bicyclic) bond motifs is 1. The Morgan fingerprint density at radius 2 is 2.10 bits per heavy atom. The highest BCUT2D eigenvalue weighted by Gasteiger charge is 2.12. The summed E-state index contributed by atoms with van der Waals surface area (Å²) in [6, 6.07) is 4.26. The monoisotopic (exact) mass is 295 g/mol. The molecule has 20 heavy (non-hydrogen) atoms. The lowest BCUT2D eigenvalue weighted by molar-refractivity contribution is -0.384. The van der Waals surface area contributed by atoms with Gasteiger partial charge in [0.25, 0.3) is 11.6 Å². The SMILES string of the molecule is CCCCCOc1nc2ccc([N+](=O)[O-])cc2nc1Cl. The van der Waals surface area contributed by atoms with Gasteiger partial charge in [-0.3, -0.25) is 10.1 Å². The van der Waals surface area contributed by atoms with Gasteiger partial charge < -0.3 is 4.74 Å². The van der Waals surface area contributed by atoms with Crippen molar-refractivity contribution in [3.8, 4) is 5.88 Å². The van der Waals surface area contributed by atoms with Crippen molar-refractivity contribution in [1.82, 2.24) is 9.97 Å². The Hall–Kier alpha value is -1.95. The van der Waals surface area contributed by atoms with Gasteiger partial charge in [0.05, 0.1) is 22.6 Å². The smallest absolute Gasteiger partial charge is 0.271 e. The highest BCUT2D eigenvalue weighted by Crippen LogP contribution is 2.25. The second-order valence-electron chi connectivity index (χ2n) is 4.31. The topological polar surface area (TPSA) is 78.2 Å². The van der Waals surface area contributed by atoms with Crippen LogP contribution in [0.5, 0.6) is 5.88 Å². The molecule has 1 aromatic carbocycles. The molecule has 0 radical (unpaired) electrons. The Bertz CT molecular complexity index is 634. The molecule has 2 rings (SSSR count). The third kappa shape index (κ3) is 3.33. The highest BCUT2D eigenvalue weighted by atomic mass is 35.5. The number of nitro benzene ring substituents is 1. The van der Waals surface area contributed by atoms with Crippen molar-refractivity contribution >= 4 is 28.3 Å². The van der Waals surface area contributed by atoms with Crippen molar-refractivity contribution in [1.29, 1.82) is 0 Å². The Labute approximate surface area is 120 Å². The number of unbranched alkanes of at least 4 members (excludes halogenated alkanes) is 2. The summed E-state index contributed by atoms with van der Waals surface area (Å²) in [6.45, 7) is 2.64. The summed E-state index contributed by atoms with van der Waals surface area (Å²) in [6.07, 6.45) is 3.10. The van der Waals surface area contributed by atoms with Gasteiger partial charge in [-0.05, 0) is 12.5 Å². The fourth-order valence-electron chi connectivity index (χ4n) is 1.73. The molecule has 1 aromatic heterocycles. The first kappa shape index (κ1) is 14.5. The van der Waals surface area contributed by atoms with Gasteiger partial charge in [-0.2, -0.15) is 0 Å². The molecule has 0 unspecified atom stereocenters. The Morgan fingerprint density at radius 3 is 2.80 bits per heavy atom. The van der Waals surface area contributed by atoms with E-state index >= 15 is 0 Å². The normalized spacial score (nSPS) is 10.7. The zero-order chi connectivity index (χ0) is 14.5. The number of hydrogen-bond donors (Lipinski definition) is 0. The van der Waals surface area contributed by atoms with Crippen LogP contribution in [-0.4, -0.2) is 21.5 Å². The largest absolute Gasteiger partial charge is 0.475 e. The number of hydrogen-bond acceptors (Lipinski definition) is 5. The Balaban J connectivity index is 2.23. The predicted molar refractivity (Wildman–Crippen MR) is 76.2 cm³/mol.